The van der Waals surface area contributed by atoms with Crippen LogP contribution in [0.1, 0.15) is 33.3 Å². The molecular formula is C22H22Cl3N3O2. The number of nitrogens with zero attached hydrogens (tertiary/aromatic N) is 1. The Bertz CT molecular complexity index is 1010. The number of rotatable bonds is 5. The number of nitrogens with one attached hydrogen (secondary N) is 2. The fraction of sp³-hybridized carbons (Fsp3) is 0.273. The van der Waals surface area contributed by atoms with Crippen LogP contribution < -0.4 is 5.32 Å². The molecule has 2 rings (SSSR count). The second kappa shape index (κ2) is 9.73. The minimum Gasteiger partial charge on any atom is -0.299 e. The molecule has 0 saturated carbocycles. The lowest BCUT2D eigenvalue weighted by Gasteiger charge is -2.20. The van der Waals surface area contributed by atoms with E-state index in [-0.39, 0.29) is 5.71 Å². The smallest absolute Gasteiger partial charge is 0.272 e. The first-order valence-electron chi connectivity index (χ1n) is 9.14. The molecule has 1 unspecified atom stereocenters. The lowest BCUT2D eigenvalue weighted by molar-refractivity contribution is -0.133. The summed E-state index contributed by atoms with van der Waals surface area (Å²) in [5.41, 5.74) is 0.475. The number of imide groups is 1. The Labute approximate surface area is 191 Å². The number of carbonyl (C=O) groups is 2. The van der Waals surface area contributed by atoms with Gasteiger partial charge in [0, 0.05) is 21.4 Å². The molecule has 0 spiro atoms. The highest BCUT2D eigenvalue weighted by molar-refractivity contribution is 6.45. The van der Waals surface area contributed by atoms with E-state index in [9.17, 15) is 9.59 Å². The van der Waals surface area contributed by atoms with Gasteiger partial charge in [0.25, 0.3) is 5.91 Å². The van der Waals surface area contributed by atoms with Gasteiger partial charge in [0.2, 0.25) is 5.91 Å². The van der Waals surface area contributed by atoms with Gasteiger partial charge in [0.05, 0.1) is 16.4 Å². The Hall–Kier alpha value is -2.21. The molecule has 0 bridgehead atoms. The highest BCUT2D eigenvalue weighted by atomic mass is 35.5. The van der Waals surface area contributed by atoms with Crippen LogP contribution in [0, 0.1) is 16.7 Å². The van der Waals surface area contributed by atoms with Crippen LogP contribution in [0.5, 0.6) is 0 Å². The summed E-state index contributed by atoms with van der Waals surface area (Å²) in [7, 11) is 0. The summed E-state index contributed by atoms with van der Waals surface area (Å²) in [5, 5.41) is 12.0. The summed E-state index contributed by atoms with van der Waals surface area (Å²) in [6, 6.07) is 11.7. The molecule has 0 heterocycles. The van der Waals surface area contributed by atoms with E-state index in [4.69, 9.17) is 40.2 Å². The first kappa shape index (κ1) is 24.1. The van der Waals surface area contributed by atoms with E-state index < -0.39 is 23.1 Å². The summed E-state index contributed by atoms with van der Waals surface area (Å²) >= 11 is 18.2. The van der Waals surface area contributed by atoms with Crippen molar-refractivity contribution in [2.75, 3.05) is 0 Å². The summed E-state index contributed by atoms with van der Waals surface area (Å²) in [6.07, 6.45) is 0. The average molecular weight is 467 g/mol. The van der Waals surface area contributed by atoms with Crippen LogP contribution >= 0.6 is 34.8 Å². The molecule has 158 valence electrons. The molecule has 2 aromatic carbocycles. The van der Waals surface area contributed by atoms with Crippen molar-refractivity contribution < 1.29 is 9.59 Å². The van der Waals surface area contributed by atoms with Crippen LogP contribution in [0.15, 0.2) is 47.5 Å². The third-order valence-electron chi connectivity index (χ3n) is 4.29. The molecule has 0 aliphatic carbocycles. The normalized spacial score (nSPS) is 13.0. The van der Waals surface area contributed by atoms with Crippen LogP contribution in [0.2, 0.25) is 15.1 Å². The molecule has 1 atom stereocenters. The predicted octanol–water partition coefficient (Wildman–Crippen LogP) is 6.11. The Morgan fingerprint density at radius 3 is 2.10 bits per heavy atom. The summed E-state index contributed by atoms with van der Waals surface area (Å²) in [4.78, 5) is 29.3. The number of hydrogen-bond acceptors (Lipinski definition) is 4. The Balaban J connectivity index is 2.44. The monoisotopic (exact) mass is 465 g/mol. The predicted molar refractivity (Wildman–Crippen MR) is 124 cm³/mol. The zero-order chi connectivity index (χ0) is 22.6. The second-order valence-electron chi connectivity index (χ2n) is 7.77. The second-order valence-corrected chi connectivity index (χ2v) is 9.05. The molecule has 0 fully saturated rings. The maximum atomic E-state index is 12.5. The van der Waals surface area contributed by atoms with Gasteiger partial charge in [-0.3, -0.25) is 25.3 Å². The van der Waals surface area contributed by atoms with E-state index >= 15 is 0 Å². The van der Waals surface area contributed by atoms with Gasteiger partial charge in [0.1, 0.15) is 5.71 Å². The van der Waals surface area contributed by atoms with Gasteiger partial charge in [-0.15, -0.1) is 0 Å². The number of halogens is 3. The van der Waals surface area contributed by atoms with Crippen molar-refractivity contribution in [3.63, 3.8) is 0 Å². The molecule has 2 N–H and O–H groups in total. The zero-order valence-electron chi connectivity index (χ0n) is 17.0. The topological polar surface area (TPSA) is 82.4 Å². The van der Waals surface area contributed by atoms with Crippen molar-refractivity contribution in [2.24, 2.45) is 16.3 Å². The van der Waals surface area contributed by atoms with Crippen LogP contribution in [-0.4, -0.2) is 23.2 Å². The number of hydrogen-bond donors (Lipinski definition) is 2. The quantitative estimate of drug-likeness (QED) is 0.521. The maximum absolute atomic E-state index is 12.5. The SMILES string of the molecule is CC(C(=N)C(=O)NC(=O)C(C)(C)C)C(=Nc1ccc(Cl)cc1Cl)c1ccc(Cl)cc1. The first-order valence-corrected chi connectivity index (χ1v) is 10.3. The molecule has 0 aromatic heterocycles. The van der Waals surface area contributed by atoms with E-state index in [1.165, 1.54) is 0 Å². The molecule has 2 amide bonds. The van der Waals surface area contributed by atoms with E-state index in [0.717, 1.165) is 0 Å². The molecule has 0 aliphatic rings. The van der Waals surface area contributed by atoms with Crippen molar-refractivity contribution in [1.82, 2.24) is 5.32 Å². The molecule has 5 nitrogen and oxygen atoms in total. The van der Waals surface area contributed by atoms with Gasteiger partial charge < -0.3 is 0 Å². The van der Waals surface area contributed by atoms with E-state index in [1.807, 2.05) is 0 Å². The van der Waals surface area contributed by atoms with Gasteiger partial charge in [-0.1, -0.05) is 74.6 Å². The fourth-order valence-electron chi connectivity index (χ4n) is 2.43. The van der Waals surface area contributed by atoms with Gasteiger partial charge in [0.15, 0.2) is 0 Å². The van der Waals surface area contributed by atoms with Gasteiger partial charge in [-0.2, -0.15) is 0 Å². The summed E-state index contributed by atoms with van der Waals surface area (Å²) in [6.45, 7) is 6.73. The molecule has 0 aliphatic heterocycles. The molecule has 30 heavy (non-hydrogen) atoms. The maximum Gasteiger partial charge on any atom is 0.272 e. The third-order valence-corrected chi connectivity index (χ3v) is 5.08. The third kappa shape index (κ3) is 6.14. The zero-order valence-corrected chi connectivity index (χ0v) is 19.3. The number of benzene rings is 2. The van der Waals surface area contributed by atoms with Crippen molar-refractivity contribution in [3.05, 3.63) is 63.1 Å². The fourth-order valence-corrected chi connectivity index (χ4v) is 3.00. The van der Waals surface area contributed by atoms with Crippen molar-refractivity contribution in [1.29, 1.82) is 5.41 Å². The van der Waals surface area contributed by atoms with E-state index in [1.54, 1.807) is 70.2 Å². The molecule has 0 saturated heterocycles. The average Bonchev–Trinajstić information content (AvgIpc) is 2.66. The Morgan fingerprint density at radius 1 is 1.00 bits per heavy atom. The highest BCUT2D eigenvalue weighted by Crippen LogP contribution is 2.30. The number of carbonyl (C=O) groups excluding carboxylic acids is 2. The Morgan fingerprint density at radius 2 is 1.57 bits per heavy atom. The lowest BCUT2D eigenvalue weighted by atomic mass is 9.92. The van der Waals surface area contributed by atoms with Gasteiger partial charge in [-0.25, -0.2) is 0 Å². The van der Waals surface area contributed by atoms with Crippen LogP contribution in [0.25, 0.3) is 0 Å². The van der Waals surface area contributed by atoms with Gasteiger partial charge in [-0.05, 0) is 35.9 Å². The molecular weight excluding hydrogens is 445 g/mol. The van der Waals surface area contributed by atoms with Crippen LogP contribution in [-0.2, 0) is 9.59 Å². The number of aliphatic imine (C=N–C) groups is 1. The van der Waals surface area contributed by atoms with Crippen molar-refractivity contribution in [3.8, 4) is 0 Å². The first-order chi connectivity index (χ1) is 13.9. The summed E-state index contributed by atoms with van der Waals surface area (Å²) < 4.78 is 0. The number of amides is 2. The van der Waals surface area contributed by atoms with Crippen molar-refractivity contribution in [2.45, 2.75) is 27.7 Å². The minimum absolute atomic E-state index is 0.300. The summed E-state index contributed by atoms with van der Waals surface area (Å²) in [5.74, 6) is -1.97. The van der Waals surface area contributed by atoms with Gasteiger partial charge >= 0.3 is 0 Å². The van der Waals surface area contributed by atoms with Crippen LogP contribution in [0.4, 0.5) is 5.69 Å². The van der Waals surface area contributed by atoms with Crippen molar-refractivity contribution >= 4 is 63.7 Å². The largest absolute Gasteiger partial charge is 0.299 e. The lowest BCUT2D eigenvalue weighted by Crippen LogP contribution is -2.44. The standard InChI is InChI=1S/C22H22Cl3N3O2/c1-12(18(26)20(29)28-21(30)22(2,3)4)19(13-5-7-14(23)8-6-13)27-17-10-9-15(24)11-16(17)25/h5-12,26H,1-4H3,(H,28,29,30). The van der Waals surface area contributed by atoms with Crippen LogP contribution in [0.3, 0.4) is 0 Å². The highest BCUT2D eigenvalue weighted by Gasteiger charge is 2.28. The minimum atomic E-state index is -0.772. The van der Waals surface area contributed by atoms with E-state index in [0.29, 0.717) is 32.0 Å². The van der Waals surface area contributed by atoms with E-state index in [2.05, 4.69) is 10.3 Å². The molecule has 8 heteroatoms. The Kier molecular flexibility index (Phi) is 7.81. The molecule has 0 radical (unpaired) electrons. The molecule has 2 aromatic rings.